The standard InChI is InChI=1S/C13H15BrN2O2S/c1-9(2)15-19(17,18)16-13-6-4-10-7-12(14)5-3-11(10)8-13/h3-9,15-16H,1-2H3. The zero-order valence-corrected chi connectivity index (χ0v) is 13.0. The number of rotatable bonds is 4. The summed E-state index contributed by atoms with van der Waals surface area (Å²) in [6.45, 7) is 3.55. The fourth-order valence-electron chi connectivity index (χ4n) is 1.77. The Labute approximate surface area is 121 Å². The van der Waals surface area contributed by atoms with E-state index in [-0.39, 0.29) is 6.04 Å². The molecule has 0 aliphatic heterocycles. The van der Waals surface area contributed by atoms with Crippen LogP contribution < -0.4 is 9.44 Å². The van der Waals surface area contributed by atoms with Crippen LogP contribution in [0.15, 0.2) is 40.9 Å². The quantitative estimate of drug-likeness (QED) is 0.895. The number of fused-ring (bicyclic) bond motifs is 1. The lowest BCUT2D eigenvalue weighted by Gasteiger charge is -2.12. The van der Waals surface area contributed by atoms with Crippen molar-refractivity contribution in [3.05, 3.63) is 40.9 Å². The third-order valence-corrected chi connectivity index (χ3v) is 4.22. The van der Waals surface area contributed by atoms with Crippen molar-refractivity contribution < 1.29 is 8.42 Å². The summed E-state index contributed by atoms with van der Waals surface area (Å²) in [5, 5.41) is 2.03. The lowest BCUT2D eigenvalue weighted by atomic mass is 10.1. The van der Waals surface area contributed by atoms with Crippen molar-refractivity contribution in [2.45, 2.75) is 19.9 Å². The number of hydrogen-bond donors (Lipinski definition) is 2. The number of anilines is 1. The number of benzene rings is 2. The van der Waals surface area contributed by atoms with E-state index in [2.05, 4.69) is 25.4 Å². The highest BCUT2D eigenvalue weighted by Gasteiger charge is 2.11. The van der Waals surface area contributed by atoms with Gasteiger partial charge in [-0.05, 0) is 48.9 Å². The fourth-order valence-corrected chi connectivity index (χ4v) is 3.27. The molecule has 0 aliphatic rings. The Bertz CT molecular complexity index is 699. The molecule has 19 heavy (non-hydrogen) atoms. The second kappa shape index (κ2) is 5.48. The molecule has 0 unspecified atom stereocenters. The van der Waals surface area contributed by atoms with Gasteiger partial charge in [-0.1, -0.05) is 28.1 Å². The third kappa shape index (κ3) is 3.92. The van der Waals surface area contributed by atoms with Gasteiger partial charge in [0.25, 0.3) is 10.2 Å². The molecule has 0 bridgehead atoms. The Hall–Kier alpha value is -1.11. The van der Waals surface area contributed by atoms with Crippen molar-refractivity contribution in [2.75, 3.05) is 4.72 Å². The molecule has 0 aliphatic carbocycles. The third-order valence-electron chi connectivity index (χ3n) is 2.45. The Kier molecular flexibility index (Phi) is 4.13. The maximum absolute atomic E-state index is 11.8. The van der Waals surface area contributed by atoms with Gasteiger partial charge in [0, 0.05) is 10.5 Å². The lowest BCUT2D eigenvalue weighted by Crippen LogP contribution is -2.35. The van der Waals surface area contributed by atoms with Crippen LogP contribution in [0.2, 0.25) is 0 Å². The van der Waals surface area contributed by atoms with Gasteiger partial charge in [0.1, 0.15) is 0 Å². The molecule has 2 N–H and O–H groups in total. The minimum absolute atomic E-state index is 0.145. The fraction of sp³-hybridized carbons (Fsp3) is 0.231. The van der Waals surface area contributed by atoms with Crippen molar-refractivity contribution in [3.63, 3.8) is 0 Å². The highest BCUT2D eigenvalue weighted by atomic mass is 79.9. The van der Waals surface area contributed by atoms with Gasteiger partial charge in [-0.25, -0.2) is 0 Å². The molecule has 4 nitrogen and oxygen atoms in total. The van der Waals surface area contributed by atoms with E-state index >= 15 is 0 Å². The molecule has 2 aromatic rings. The summed E-state index contributed by atoms with van der Waals surface area (Å²) in [7, 11) is -3.52. The highest BCUT2D eigenvalue weighted by molar-refractivity contribution is 9.10. The molecular formula is C13H15BrN2O2S. The molecule has 0 spiro atoms. The van der Waals surface area contributed by atoms with Crippen LogP contribution in [0.3, 0.4) is 0 Å². The summed E-state index contributed by atoms with van der Waals surface area (Å²) >= 11 is 3.41. The van der Waals surface area contributed by atoms with Gasteiger partial charge in [-0.2, -0.15) is 13.1 Å². The second-order valence-electron chi connectivity index (χ2n) is 4.58. The lowest BCUT2D eigenvalue weighted by molar-refractivity contribution is 0.575. The van der Waals surface area contributed by atoms with Crippen LogP contribution in [0.1, 0.15) is 13.8 Å². The van der Waals surface area contributed by atoms with Crippen LogP contribution >= 0.6 is 15.9 Å². The average molecular weight is 343 g/mol. The highest BCUT2D eigenvalue weighted by Crippen LogP contribution is 2.23. The maximum Gasteiger partial charge on any atom is 0.299 e. The summed E-state index contributed by atoms with van der Waals surface area (Å²) in [6, 6.07) is 11.1. The predicted molar refractivity (Wildman–Crippen MR) is 82.5 cm³/mol. The van der Waals surface area contributed by atoms with Crippen LogP contribution in [0.5, 0.6) is 0 Å². The average Bonchev–Trinajstić information content (AvgIpc) is 2.27. The van der Waals surface area contributed by atoms with E-state index in [0.29, 0.717) is 5.69 Å². The van der Waals surface area contributed by atoms with E-state index in [1.807, 2.05) is 24.3 Å². The topological polar surface area (TPSA) is 58.2 Å². The molecular weight excluding hydrogens is 328 g/mol. The summed E-state index contributed by atoms with van der Waals surface area (Å²) < 4.78 is 29.5. The summed E-state index contributed by atoms with van der Waals surface area (Å²) in [4.78, 5) is 0. The minimum atomic E-state index is -3.52. The van der Waals surface area contributed by atoms with Crippen LogP contribution in [0.4, 0.5) is 5.69 Å². The summed E-state index contributed by atoms with van der Waals surface area (Å²) in [5.41, 5.74) is 0.544. The van der Waals surface area contributed by atoms with Gasteiger partial charge in [0.15, 0.2) is 0 Å². The minimum Gasteiger partial charge on any atom is -0.271 e. The zero-order chi connectivity index (χ0) is 14.0. The maximum atomic E-state index is 11.8. The molecule has 0 radical (unpaired) electrons. The predicted octanol–water partition coefficient (Wildman–Crippen LogP) is 3.26. The molecule has 0 heterocycles. The molecule has 2 aromatic carbocycles. The van der Waals surface area contributed by atoms with Crippen LogP contribution in [-0.2, 0) is 10.2 Å². The summed E-state index contributed by atoms with van der Waals surface area (Å²) in [6.07, 6.45) is 0. The van der Waals surface area contributed by atoms with Gasteiger partial charge < -0.3 is 0 Å². The molecule has 6 heteroatoms. The first-order valence-electron chi connectivity index (χ1n) is 5.85. The van der Waals surface area contributed by atoms with E-state index < -0.39 is 10.2 Å². The zero-order valence-electron chi connectivity index (χ0n) is 10.6. The molecule has 0 atom stereocenters. The van der Waals surface area contributed by atoms with Gasteiger partial charge >= 0.3 is 0 Å². The van der Waals surface area contributed by atoms with Crippen LogP contribution in [-0.4, -0.2) is 14.5 Å². The van der Waals surface area contributed by atoms with E-state index in [1.165, 1.54) is 0 Å². The molecule has 0 saturated carbocycles. The van der Waals surface area contributed by atoms with Crippen LogP contribution in [0, 0.1) is 0 Å². The van der Waals surface area contributed by atoms with Crippen molar-refractivity contribution in [1.29, 1.82) is 0 Å². The Balaban J connectivity index is 2.29. The van der Waals surface area contributed by atoms with Gasteiger partial charge in [-0.15, -0.1) is 0 Å². The van der Waals surface area contributed by atoms with E-state index in [9.17, 15) is 8.42 Å². The number of halogens is 1. The van der Waals surface area contributed by atoms with Crippen molar-refractivity contribution in [1.82, 2.24) is 4.72 Å². The summed E-state index contributed by atoms with van der Waals surface area (Å²) in [5.74, 6) is 0. The second-order valence-corrected chi connectivity index (χ2v) is 6.95. The Morgan fingerprint density at radius 1 is 1.05 bits per heavy atom. The van der Waals surface area contributed by atoms with E-state index in [1.54, 1.807) is 26.0 Å². The molecule has 0 aromatic heterocycles. The smallest absolute Gasteiger partial charge is 0.271 e. The van der Waals surface area contributed by atoms with Crippen molar-refractivity contribution in [2.24, 2.45) is 0 Å². The first kappa shape index (κ1) is 14.3. The molecule has 2 rings (SSSR count). The molecule has 0 saturated heterocycles. The van der Waals surface area contributed by atoms with Crippen molar-refractivity contribution in [3.8, 4) is 0 Å². The molecule has 102 valence electrons. The normalized spacial score (nSPS) is 12.0. The monoisotopic (exact) mass is 342 g/mol. The van der Waals surface area contributed by atoms with E-state index in [4.69, 9.17) is 0 Å². The van der Waals surface area contributed by atoms with Gasteiger partial charge in [-0.3, -0.25) is 4.72 Å². The van der Waals surface area contributed by atoms with Gasteiger partial charge in [0.05, 0.1) is 5.69 Å². The Morgan fingerprint density at radius 3 is 2.37 bits per heavy atom. The van der Waals surface area contributed by atoms with E-state index in [0.717, 1.165) is 15.2 Å². The largest absolute Gasteiger partial charge is 0.299 e. The van der Waals surface area contributed by atoms with Gasteiger partial charge in [0.2, 0.25) is 0 Å². The van der Waals surface area contributed by atoms with Crippen molar-refractivity contribution >= 4 is 42.6 Å². The SMILES string of the molecule is CC(C)NS(=O)(=O)Nc1ccc2cc(Br)ccc2c1. The molecule has 0 fully saturated rings. The van der Waals surface area contributed by atoms with Crippen LogP contribution in [0.25, 0.3) is 10.8 Å². The number of nitrogens with one attached hydrogen (secondary N) is 2. The first-order valence-corrected chi connectivity index (χ1v) is 8.13. The first-order chi connectivity index (χ1) is 8.85. The number of hydrogen-bond acceptors (Lipinski definition) is 2. The molecule has 0 amide bonds. The Morgan fingerprint density at radius 2 is 1.68 bits per heavy atom.